The maximum atomic E-state index is 13.0. The van der Waals surface area contributed by atoms with Crippen LogP contribution in [0.5, 0.6) is 0 Å². The normalized spacial score (nSPS) is 21.4. The van der Waals surface area contributed by atoms with Crippen LogP contribution in [0.2, 0.25) is 0 Å². The molecular weight excluding hydrogens is 301 g/mol. The molecule has 1 fully saturated rings. The highest BCUT2D eigenvalue weighted by molar-refractivity contribution is 5.89. The highest BCUT2D eigenvalue weighted by Crippen LogP contribution is 2.11. The summed E-state index contributed by atoms with van der Waals surface area (Å²) in [5.74, 6) is -1.28. The molecule has 1 heterocycles. The first-order valence-corrected chi connectivity index (χ1v) is 7.47. The van der Waals surface area contributed by atoms with Gasteiger partial charge in [0.15, 0.2) is 6.61 Å². The lowest BCUT2D eigenvalue weighted by molar-refractivity contribution is -0.154. The monoisotopic (exact) mass is 321 g/mol. The summed E-state index contributed by atoms with van der Waals surface area (Å²) in [6.07, 6.45) is 2.54. The van der Waals surface area contributed by atoms with Crippen LogP contribution in [-0.2, 0) is 19.1 Å². The van der Waals surface area contributed by atoms with Crippen LogP contribution in [0.3, 0.4) is 0 Å². The predicted octanol–water partition coefficient (Wildman–Crippen LogP) is 2.02. The first-order valence-electron chi connectivity index (χ1n) is 7.47. The van der Waals surface area contributed by atoms with Crippen molar-refractivity contribution in [2.75, 3.05) is 19.7 Å². The van der Waals surface area contributed by atoms with Gasteiger partial charge in [-0.05, 0) is 37.6 Å². The number of carbonyl (C=O) groups is 2. The van der Waals surface area contributed by atoms with Crippen LogP contribution >= 0.6 is 0 Å². The first-order chi connectivity index (χ1) is 10.9. The summed E-state index contributed by atoms with van der Waals surface area (Å²) in [7, 11) is 0. The maximum absolute atomic E-state index is 13.0. The molecule has 124 valence electrons. The van der Waals surface area contributed by atoms with Gasteiger partial charge in [-0.15, -0.1) is 0 Å². The van der Waals surface area contributed by atoms with Crippen LogP contribution in [0.4, 0.5) is 4.39 Å². The number of esters is 1. The van der Waals surface area contributed by atoms with Gasteiger partial charge in [0.2, 0.25) is 0 Å². The Morgan fingerprint density at radius 2 is 2.04 bits per heavy atom. The molecule has 6 heteroatoms. The summed E-state index contributed by atoms with van der Waals surface area (Å²) in [6.45, 7) is 4.44. The van der Waals surface area contributed by atoms with Crippen molar-refractivity contribution in [2.45, 2.75) is 26.1 Å². The third-order valence-electron chi connectivity index (χ3n) is 3.37. The van der Waals surface area contributed by atoms with E-state index >= 15 is 0 Å². The topological polar surface area (TPSA) is 55.8 Å². The van der Waals surface area contributed by atoms with Crippen molar-refractivity contribution < 1.29 is 23.5 Å². The molecule has 5 nitrogen and oxygen atoms in total. The van der Waals surface area contributed by atoms with E-state index < -0.39 is 5.97 Å². The Hall–Kier alpha value is -2.21. The van der Waals surface area contributed by atoms with Gasteiger partial charge in [-0.3, -0.25) is 4.79 Å². The lowest BCUT2D eigenvalue weighted by Crippen LogP contribution is -2.49. The number of amides is 1. The molecule has 0 radical (unpaired) electrons. The van der Waals surface area contributed by atoms with E-state index in [1.165, 1.54) is 24.3 Å². The fourth-order valence-corrected chi connectivity index (χ4v) is 2.43. The fourth-order valence-electron chi connectivity index (χ4n) is 2.43. The molecule has 0 aromatic heterocycles. The first kappa shape index (κ1) is 17.1. The number of hydrogen-bond donors (Lipinski definition) is 0. The molecule has 0 aliphatic carbocycles. The van der Waals surface area contributed by atoms with Crippen molar-refractivity contribution in [2.24, 2.45) is 0 Å². The van der Waals surface area contributed by atoms with E-state index in [0.29, 0.717) is 18.7 Å². The molecule has 0 saturated carbocycles. The predicted molar refractivity (Wildman–Crippen MR) is 83.0 cm³/mol. The molecule has 1 aliphatic heterocycles. The van der Waals surface area contributed by atoms with E-state index in [1.807, 2.05) is 13.8 Å². The average Bonchev–Trinajstić information content (AvgIpc) is 2.49. The Morgan fingerprint density at radius 1 is 1.35 bits per heavy atom. The van der Waals surface area contributed by atoms with Crippen LogP contribution in [-0.4, -0.2) is 48.7 Å². The van der Waals surface area contributed by atoms with E-state index in [0.717, 1.165) is 0 Å². The number of carbonyl (C=O) groups excluding carboxylic acids is 2. The molecule has 1 aromatic rings. The van der Waals surface area contributed by atoms with Gasteiger partial charge in [0.05, 0.1) is 12.2 Å². The second kappa shape index (κ2) is 7.87. The SMILES string of the molecule is CC1CN(C(=O)COC(=O)/C=C/c2cccc(F)c2)CC(C)O1. The summed E-state index contributed by atoms with van der Waals surface area (Å²) in [4.78, 5) is 25.3. The van der Waals surface area contributed by atoms with Crippen molar-refractivity contribution in [3.05, 3.63) is 41.7 Å². The maximum Gasteiger partial charge on any atom is 0.331 e. The van der Waals surface area contributed by atoms with E-state index in [2.05, 4.69) is 0 Å². The molecule has 2 rings (SSSR count). The van der Waals surface area contributed by atoms with E-state index in [4.69, 9.17) is 9.47 Å². The molecule has 2 unspecified atom stereocenters. The average molecular weight is 321 g/mol. The summed E-state index contributed by atoms with van der Waals surface area (Å²) in [5.41, 5.74) is 0.545. The Balaban J connectivity index is 1.80. The fraction of sp³-hybridized carbons (Fsp3) is 0.412. The van der Waals surface area contributed by atoms with Crippen molar-refractivity contribution in [1.82, 2.24) is 4.90 Å². The van der Waals surface area contributed by atoms with Gasteiger partial charge in [0.25, 0.3) is 5.91 Å². The second-order valence-electron chi connectivity index (χ2n) is 5.55. The molecule has 1 aliphatic rings. The zero-order valence-corrected chi connectivity index (χ0v) is 13.2. The summed E-state index contributed by atoms with van der Waals surface area (Å²) in [5, 5.41) is 0. The lowest BCUT2D eigenvalue weighted by Gasteiger charge is -2.35. The number of nitrogens with zero attached hydrogens (tertiary/aromatic N) is 1. The Morgan fingerprint density at radius 3 is 2.70 bits per heavy atom. The van der Waals surface area contributed by atoms with Crippen molar-refractivity contribution in [3.63, 3.8) is 0 Å². The minimum absolute atomic E-state index is 0.0359. The highest BCUT2D eigenvalue weighted by atomic mass is 19.1. The second-order valence-corrected chi connectivity index (χ2v) is 5.55. The zero-order chi connectivity index (χ0) is 16.8. The van der Waals surface area contributed by atoms with E-state index in [1.54, 1.807) is 17.0 Å². The summed E-state index contributed by atoms with van der Waals surface area (Å²) in [6, 6.07) is 5.82. The zero-order valence-electron chi connectivity index (χ0n) is 13.2. The number of benzene rings is 1. The summed E-state index contributed by atoms with van der Waals surface area (Å²) >= 11 is 0. The minimum atomic E-state index is -0.642. The minimum Gasteiger partial charge on any atom is -0.452 e. The molecular formula is C17H20FNO4. The molecule has 2 atom stereocenters. The van der Waals surface area contributed by atoms with Crippen LogP contribution in [0.25, 0.3) is 6.08 Å². The number of halogens is 1. The molecule has 1 amide bonds. The van der Waals surface area contributed by atoms with Gasteiger partial charge in [-0.1, -0.05) is 12.1 Å². The molecule has 0 spiro atoms. The van der Waals surface area contributed by atoms with Gasteiger partial charge < -0.3 is 14.4 Å². The Bertz CT molecular complexity index is 592. The van der Waals surface area contributed by atoms with Gasteiger partial charge in [-0.25, -0.2) is 9.18 Å². The van der Waals surface area contributed by atoms with Gasteiger partial charge in [0, 0.05) is 19.2 Å². The van der Waals surface area contributed by atoms with E-state index in [9.17, 15) is 14.0 Å². The van der Waals surface area contributed by atoms with Crippen LogP contribution < -0.4 is 0 Å². The third kappa shape index (κ3) is 5.49. The smallest absolute Gasteiger partial charge is 0.331 e. The third-order valence-corrected chi connectivity index (χ3v) is 3.37. The number of morpholine rings is 1. The molecule has 0 bridgehead atoms. The van der Waals surface area contributed by atoms with Gasteiger partial charge in [-0.2, -0.15) is 0 Å². The quantitative estimate of drug-likeness (QED) is 0.629. The molecule has 0 N–H and O–H groups in total. The Labute approximate surface area is 134 Å². The van der Waals surface area contributed by atoms with Crippen LogP contribution in [0, 0.1) is 5.82 Å². The van der Waals surface area contributed by atoms with Gasteiger partial charge in [0.1, 0.15) is 5.82 Å². The van der Waals surface area contributed by atoms with Gasteiger partial charge >= 0.3 is 5.97 Å². The molecule has 1 aromatic carbocycles. The molecule has 23 heavy (non-hydrogen) atoms. The largest absolute Gasteiger partial charge is 0.452 e. The number of rotatable bonds is 4. The van der Waals surface area contributed by atoms with Crippen molar-refractivity contribution in [1.29, 1.82) is 0 Å². The van der Waals surface area contributed by atoms with Crippen molar-refractivity contribution >= 4 is 18.0 Å². The molecule has 1 saturated heterocycles. The van der Waals surface area contributed by atoms with E-state index in [-0.39, 0.29) is 30.5 Å². The Kier molecular flexibility index (Phi) is 5.87. The van der Waals surface area contributed by atoms with Crippen LogP contribution in [0.1, 0.15) is 19.4 Å². The van der Waals surface area contributed by atoms with Crippen LogP contribution in [0.15, 0.2) is 30.3 Å². The standard InChI is InChI=1S/C17H20FNO4/c1-12-9-19(10-13(2)23-12)16(20)11-22-17(21)7-6-14-4-3-5-15(18)8-14/h3-8,12-13H,9-11H2,1-2H3/b7-6+. The lowest BCUT2D eigenvalue weighted by atomic mass is 10.2. The number of hydrogen-bond acceptors (Lipinski definition) is 4. The van der Waals surface area contributed by atoms with Crippen molar-refractivity contribution in [3.8, 4) is 0 Å². The highest BCUT2D eigenvalue weighted by Gasteiger charge is 2.26. The number of ether oxygens (including phenoxy) is 2. The summed E-state index contributed by atoms with van der Waals surface area (Å²) < 4.78 is 23.5.